The third kappa shape index (κ3) is 2.26. The van der Waals surface area contributed by atoms with Crippen LogP contribution in [-0.4, -0.2) is 29.0 Å². The van der Waals surface area contributed by atoms with Crippen molar-refractivity contribution in [3.8, 4) is 0 Å². The molecular formula is C16H9N2O4-. The van der Waals surface area contributed by atoms with E-state index in [4.69, 9.17) is 0 Å². The zero-order valence-corrected chi connectivity index (χ0v) is 11.2. The number of carbonyl (C=O) groups excluding carboxylic acids is 3. The van der Waals surface area contributed by atoms with Crippen LogP contribution in [0.3, 0.4) is 0 Å². The van der Waals surface area contributed by atoms with Crippen molar-refractivity contribution in [2.24, 2.45) is 5.10 Å². The maximum Gasteiger partial charge on any atom is 0.282 e. The van der Waals surface area contributed by atoms with E-state index < -0.39 is 17.8 Å². The van der Waals surface area contributed by atoms with Gasteiger partial charge in [-0.05, 0) is 23.3 Å². The summed E-state index contributed by atoms with van der Waals surface area (Å²) in [6.07, 6.45) is 1.32. The van der Waals surface area contributed by atoms with E-state index in [-0.39, 0.29) is 5.56 Å². The summed E-state index contributed by atoms with van der Waals surface area (Å²) >= 11 is 0. The molecule has 0 fully saturated rings. The fraction of sp³-hybridized carbons (Fsp3) is 0. The first-order valence-corrected chi connectivity index (χ1v) is 6.41. The molecule has 22 heavy (non-hydrogen) atoms. The molecule has 0 N–H and O–H groups in total. The molecular weight excluding hydrogens is 284 g/mol. The molecule has 3 rings (SSSR count). The highest BCUT2D eigenvalue weighted by Crippen LogP contribution is 2.22. The first-order chi connectivity index (χ1) is 10.6. The second-order valence-corrected chi connectivity index (χ2v) is 4.62. The minimum absolute atomic E-state index is 0.0397. The number of fused-ring (bicyclic) bond motifs is 1. The Bertz CT molecular complexity index is 774. The lowest BCUT2D eigenvalue weighted by Gasteiger charge is -2.06. The van der Waals surface area contributed by atoms with Gasteiger partial charge in [-0.15, -0.1) is 0 Å². The van der Waals surface area contributed by atoms with Crippen LogP contribution in [0.15, 0.2) is 53.6 Å². The Labute approximate surface area is 125 Å². The van der Waals surface area contributed by atoms with Crippen LogP contribution in [-0.2, 0) is 0 Å². The average molecular weight is 293 g/mol. The molecule has 6 heteroatoms. The van der Waals surface area contributed by atoms with Gasteiger partial charge in [-0.2, -0.15) is 10.1 Å². The Morgan fingerprint density at radius 1 is 0.955 bits per heavy atom. The summed E-state index contributed by atoms with van der Waals surface area (Å²) < 4.78 is 0. The van der Waals surface area contributed by atoms with Crippen LogP contribution in [0.5, 0.6) is 0 Å². The summed E-state index contributed by atoms with van der Waals surface area (Å²) in [5.41, 5.74) is 1.23. The van der Waals surface area contributed by atoms with Gasteiger partial charge < -0.3 is 9.90 Å². The van der Waals surface area contributed by atoms with Crippen LogP contribution >= 0.6 is 0 Å². The minimum atomic E-state index is -1.27. The quantitative estimate of drug-likeness (QED) is 0.614. The SMILES string of the molecule is O=C([O-])c1ccc(/C=N\N2C(=O)c3ccccc3C2=O)cc1. The Hall–Kier alpha value is -3.28. The molecule has 0 unspecified atom stereocenters. The number of hydrogen-bond donors (Lipinski definition) is 0. The molecule has 0 aromatic heterocycles. The molecule has 0 radical (unpaired) electrons. The fourth-order valence-corrected chi connectivity index (χ4v) is 2.11. The predicted molar refractivity (Wildman–Crippen MR) is 75.3 cm³/mol. The van der Waals surface area contributed by atoms with Gasteiger partial charge in [-0.3, -0.25) is 9.59 Å². The van der Waals surface area contributed by atoms with Crippen molar-refractivity contribution in [1.29, 1.82) is 0 Å². The smallest absolute Gasteiger partial charge is 0.282 e. The van der Waals surface area contributed by atoms with Gasteiger partial charge in [0.05, 0.1) is 23.3 Å². The van der Waals surface area contributed by atoms with E-state index in [9.17, 15) is 19.5 Å². The van der Waals surface area contributed by atoms with Crippen molar-refractivity contribution >= 4 is 24.0 Å². The lowest BCUT2D eigenvalue weighted by atomic mass is 10.1. The van der Waals surface area contributed by atoms with Gasteiger partial charge in [0.25, 0.3) is 11.8 Å². The van der Waals surface area contributed by atoms with Gasteiger partial charge in [0.1, 0.15) is 0 Å². The average Bonchev–Trinajstić information content (AvgIpc) is 2.78. The number of imide groups is 1. The summed E-state index contributed by atoms with van der Waals surface area (Å²) in [5.74, 6) is -2.24. The van der Waals surface area contributed by atoms with Crippen molar-refractivity contribution in [2.45, 2.75) is 0 Å². The normalized spacial score (nSPS) is 13.7. The monoisotopic (exact) mass is 293 g/mol. The summed E-state index contributed by atoms with van der Waals surface area (Å²) in [7, 11) is 0. The van der Waals surface area contributed by atoms with Gasteiger partial charge in [0, 0.05) is 0 Å². The molecule has 0 bridgehead atoms. The van der Waals surface area contributed by atoms with Crippen LogP contribution < -0.4 is 5.11 Å². The van der Waals surface area contributed by atoms with Gasteiger partial charge in [-0.25, -0.2) is 0 Å². The van der Waals surface area contributed by atoms with E-state index in [1.165, 1.54) is 30.5 Å². The van der Waals surface area contributed by atoms with Crippen molar-refractivity contribution in [3.05, 3.63) is 70.8 Å². The molecule has 0 aliphatic carbocycles. The minimum Gasteiger partial charge on any atom is -0.545 e. The molecule has 2 amide bonds. The van der Waals surface area contributed by atoms with E-state index in [2.05, 4.69) is 5.10 Å². The summed E-state index contributed by atoms with van der Waals surface area (Å²) in [4.78, 5) is 34.8. The van der Waals surface area contributed by atoms with Crippen LogP contribution in [0, 0.1) is 0 Å². The van der Waals surface area contributed by atoms with E-state index in [0.29, 0.717) is 16.7 Å². The first kappa shape index (κ1) is 13.7. The van der Waals surface area contributed by atoms with Crippen LogP contribution in [0.4, 0.5) is 0 Å². The van der Waals surface area contributed by atoms with Crippen LogP contribution in [0.1, 0.15) is 36.6 Å². The zero-order chi connectivity index (χ0) is 15.7. The van der Waals surface area contributed by atoms with Crippen molar-refractivity contribution < 1.29 is 19.5 Å². The Morgan fingerprint density at radius 3 is 2.00 bits per heavy atom. The van der Waals surface area contributed by atoms with Crippen molar-refractivity contribution in [2.75, 3.05) is 0 Å². The maximum absolute atomic E-state index is 12.1. The summed E-state index contributed by atoms with van der Waals surface area (Å²) in [5, 5.41) is 15.3. The molecule has 108 valence electrons. The third-order valence-corrected chi connectivity index (χ3v) is 3.24. The van der Waals surface area contributed by atoms with Gasteiger partial charge in [0.2, 0.25) is 0 Å². The van der Waals surface area contributed by atoms with Crippen LogP contribution in [0.2, 0.25) is 0 Å². The standard InChI is InChI=1S/C16H10N2O4/c19-14-12-3-1-2-4-13(12)15(20)18(14)17-9-10-5-7-11(8-6-10)16(21)22/h1-9H,(H,21,22)/p-1/b17-9-. The molecule has 2 aromatic rings. The number of hydrogen-bond acceptors (Lipinski definition) is 5. The Morgan fingerprint density at radius 2 is 1.50 bits per heavy atom. The molecule has 6 nitrogen and oxygen atoms in total. The van der Waals surface area contributed by atoms with E-state index in [1.807, 2.05) is 0 Å². The van der Waals surface area contributed by atoms with E-state index in [1.54, 1.807) is 24.3 Å². The number of benzene rings is 2. The molecule has 1 heterocycles. The highest BCUT2D eigenvalue weighted by atomic mass is 16.4. The number of carboxylic acids is 1. The molecule has 1 aliphatic rings. The maximum atomic E-state index is 12.1. The second-order valence-electron chi connectivity index (χ2n) is 4.62. The number of carboxylic acid groups (broad SMARTS) is 1. The van der Waals surface area contributed by atoms with Gasteiger partial charge >= 0.3 is 0 Å². The molecule has 0 spiro atoms. The number of rotatable bonds is 3. The molecule has 0 saturated heterocycles. The van der Waals surface area contributed by atoms with Crippen molar-refractivity contribution in [1.82, 2.24) is 5.01 Å². The van der Waals surface area contributed by atoms with E-state index >= 15 is 0 Å². The molecule has 0 saturated carbocycles. The summed E-state index contributed by atoms with van der Waals surface area (Å²) in [6.45, 7) is 0. The first-order valence-electron chi connectivity index (χ1n) is 6.41. The zero-order valence-electron chi connectivity index (χ0n) is 11.2. The summed E-state index contributed by atoms with van der Waals surface area (Å²) in [6, 6.07) is 12.2. The molecule has 2 aromatic carbocycles. The number of aromatic carboxylic acids is 1. The van der Waals surface area contributed by atoms with Gasteiger partial charge in [0.15, 0.2) is 0 Å². The lowest BCUT2D eigenvalue weighted by Crippen LogP contribution is -2.24. The third-order valence-electron chi connectivity index (χ3n) is 3.24. The molecule has 0 atom stereocenters. The van der Waals surface area contributed by atoms with Crippen molar-refractivity contribution in [3.63, 3.8) is 0 Å². The number of nitrogens with zero attached hydrogens (tertiary/aromatic N) is 2. The largest absolute Gasteiger partial charge is 0.545 e. The highest BCUT2D eigenvalue weighted by Gasteiger charge is 2.35. The van der Waals surface area contributed by atoms with Crippen LogP contribution in [0.25, 0.3) is 0 Å². The molecule has 1 aliphatic heterocycles. The Kier molecular flexibility index (Phi) is 3.27. The lowest BCUT2D eigenvalue weighted by molar-refractivity contribution is -0.255. The van der Waals surface area contributed by atoms with E-state index in [0.717, 1.165) is 5.01 Å². The Balaban J connectivity index is 1.83. The van der Waals surface area contributed by atoms with Gasteiger partial charge in [-0.1, -0.05) is 36.4 Å². The number of hydrazone groups is 1. The fourth-order valence-electron chi connectivity index (χ4n) is 2.11. The topological polar surface area (TPSA) is 89.9 Å². The number of carbonyl (C=O) groups is 3. The second kappa shape index (κ2) is 5.25. The number of amides is 2. The predicted octanol–water partition coefficient (Wildman–Crippen LogP) is 0.680. The highest BCUT2D eigenvalue weighted by molar-refractivity contribution is 6.21.